The zero-order chi connectivity index (χ0) is 15.6. The lowest BCUT2D eigenvalue weighted by molar-refractivity contribution is 0.0997. The van der Waals surface area contributed by atoms with Crippen molar-refractivity contribution < 1.29 is 4.79 Å². The van der Waals surface area contributed by atoms with E-state index in [2.05, 4.69) is 4.98 Å². The molecule has 0 fully saturated rings. The summed E-state index contributed by atoms with van der Waals surface area (Å²) in [4.78, 5) is 20.9. The molecule has 1 aromatic carbocycles. The molecule has 0 aliphatic rings. The Labute approximate surface area is 129 Å². The molecule has 0 saturated carbocycles. The minimum absolute atomic E-state index is 0.133. The van der Waals surface area contributed by atoms with E-state index >= 15 is 0 Å². The first kappa shape index (κ1) is 15.3. The van der Waals surface area contributed by atoms with Gasteiger partial charge in [0.1, 0.15) is 10.7 Å². The number of amides is 1. The number of rotatable bonds is 4. The number of nitrogens with two attached hydrogens (primary N) is 1. The van der Waals surface area contributed by atoms with Crippen LogP contribution in [0.3, 0.4) is 0 Å². The summed E-state index contributed by atoms with van der Waals surface area (Å²) in [5, 5.41) is 0.760. The lowest BCUT2D eigenvalue weighted by Crippen LogP contribution is -2.26. The Bertz CT molecular complexity index is 653. The van der Waals surface area contributed by atoms with Crippen LogP contribution in [0.15, 0.2) is 24.3 Å². The molecule has 0 atom stereocenters. The second-order valence-electron chi connectivity index (χ2n) is 4.93. The number of nitrogen functional groups attached to an aromatic ring is 1. The van der Waals surface area contributed by atoms with Crippen LogP contribution in [0.2, 0.25) is 0 Å². The van der Waals surface area contributed by atoms with Gasteiger partial charge in [0.15, 0.2) is 5.13 Å². The Morgan fingerprint density at radius 3 is 2.71 bits per heavy atom. The van der Waals surface area contributed by atoms with Crippen LogP contribution >= 0.6 is 11.3 Å². The average Bonchev–Trinajstić information content (AvgIpc) is 2.86. The molecule has 2 N–H and O–H groups in total. The number of aromatic nitrogens is 1. The highest BCUT2D eigenvalue weighted by Gasteiger charge is 2.21. The number of hydrogen-bond acceptors (Lipinski definition) is 5. The molecule has 0 spiro atoms. The molecule has 6 heteroatoms. The largest absolute Gasteiger partial charge is 0.382 e. The summed E-state index contributed by atoms with van der Waals surface area (Å²) in [6, 6.07) is 7.80. The van der Waals surface area contributed by atoms with Crippen LogP contribution < -0.4 is 15.5 Å². The summed E-state index contributed by atoms with van der Waals surface area (Å²) < 4.78 is 0. The normalized spacial score (nSPS) is 10.5. The predicted molar refractivity (Wildman–Crippen MR) is 89.4 cm³/mol. The van der Waals surface area contributed by atoms with Crippen molar-refractivity contribution in [3.63, 3.8) is 0 Å². The third kappa shape index (κ3) is 3.16. The van der Waals surface area contributed by atoms with Crippen molar-refractivity contribution in [3.05, 3.63) is 34.7 Å². The fraction of sp³-hybridized carbons (Fsp3) is 0.333. The standard InChI is InChI=1S/C15H20N4OS/c1-5-18(3)15-17-13(16)12(21-15)14(20)19(4)11-8-6-7-10(2)9-11/h6-9H,5,16H2,1-4H3. The highest BCUT2D eigenvalue weighted by molar-refractivity contribution is 7.18. The van der Waals surface area contributed by atoms with Crippen molar-refractivity contribution in [1.82, 2.24) is 4.98 Å². The van der Waals surface area contributed by atoms with Crippen LogP contribution in [0, 0.1) is 6.92 Å². The molecule has 1 amide bonds. The van der Waals surface area contributed by atoms with Crippen LogP contribution in [0.1, 0.15) is 22.2 Å². The Balaban J connectivity index is 2.29. The molecular formula is C15H20N4OS. The molecule has 0 unspecified atom stereocenters. The lowest BCUT2D eigenvalue weighted by Gasteiger charge is -2.17. The fourth-order valence-corrected chi connectivity index (χ4v) is 2.86. The summed E-state index contributed by atoms with van der Waals surface area (Å²) in [6.07, 6.45) is 0. The van der Waals surface area contributed by atoms with Crippen LogP contribution in [-0.2, 0) is 0 Å². The van der Waals surface area contributed by atoms with Gasteiger partial charge in [-0.15, -0.1) is 0 Å². The maximum atomic E-state index is 12.6. The van der Waals surface area contributed by atoms with Gasteiger partial charge >= 0.3 is 0 Å². The minimum Gasteiger partial charge on any atom is -0.382 e. The van der Waals surface area contributed by atoms with Crippen LogP contribution in [0.4, 0.5) is 16.6 Å². The number of hydrogen-bond donors (Lipinski definition) is 1. The SMILES string of the molecule is CCN(C)c1nc(N)c(C(=O)N(C)c2cccc(C)c2)s1. The van der Waals surface area contributed by atoms with Crippen molar-refractivity contribution >= 4 is 33.9 Å². The Kier molecular flexibility index (Phi) is 4.47. The zero-order valence-corrected chi connectivity index (χ0v) is 13.6. The van der Waals surface area contributed by atoms with E-state index in [9.17, 15) is 4.79 Å². The molecule has 0 aliphatic carbocycles. The number of benzene rings is 1. The molecule has 1 heterocycles. The molecule has 2 rings (SSSR count). The molecule has 21 heavy (non-hydrogen) atoms. The first-order chi connectivity index (χ1) is 9.93. The van der Waals surface area contributed by atoms with E-state index in [-0.39, 0.29) is 5.91 Å². The van der Waals surface area contributed by atoms with Gasteiger partial charge < -0.3 is 15.5 Å². The summed E-state index contributed by atoms with van der Waals surface area (Å²) in [6.45, 7) is 4.84. The van der Waals surface area contributed by atoms with Crippen LogP contribution in [-0.4, -0.2) is 31.5 Å². The van der Waals surface area contributed by atoms with E-state index in [4.69, 9.17) is 5.73 Å². The van der Waals surface area contributed by atoms with E-state index in [1.807, 2.05) is 50.1 Å². The summed E-state index contributed by atoms with van der Waals surface area (Å²) in [7, 11) is 3.68. The molecule has 0 bridgehead atoms. The number of carbonyl (C=O) groups excluding carboxylic acids is 1. The maximum Gasteiger partial charge on any atom is 0.272 e. The number of nitrogens with zero attached hydrogens (tertiary/aromatic N) is 3. The van der Waals surface area contributed by atoms with E-state index < -0.39 is 0 Å². The topological polar surface area (TPSA) is 62.5 Å². The van der Waals surface area contributed by atoms with Gasteiger partial charge in [-0.05, 0) is 31.5 Å². The molecule has 0 aliphatic heterocycles. The summed E-state index contributed by atoms with van der Waals surface area (Å²) in [5.74, 6) is 0.158. The van der Waals surface area contributed by atoms with Gasteiger partial charge in [0.05, 0.1) is 0 Å². The molecular weight excluding hydrogens is 284 g/mol. The highest BCUT2D eigenvalue weighted by atomic mass is 32.1. The lowest BCUT2D eigenvalue weighted by atomic mass is 10.2. The van der Waals surface area contributed by atoms with Gasteiger partial charge in [0.2, 0.25) is 0 Å². The van der Waals surface area contributed by atoms with Crippen molar-refractivity contribution in [3.8, 4) is 0 Å². The molecule has 1 aromatic heterocycles. The van der Waals surface area contributed by atoms with E-state index in [0.717, 1.165) is 22.9 Å². The van der Waals surface area contributed by atoms with Gasteiger partial charge in [-0.3, -0.25) is 4.79 Å². The summed E-state index contributed by atoms with van der Waals surface area (Å²) >= 11 is 1.33. The third-order valence-corrected chi connectivity index (χ3v) is 4.50. The number of thiazole rings is 1. The average molecular weight is 304 g/mol. The highest BCUT2D eigenvalue weighted by Crippen LogP contribution is 2.29. The van der Waals surface area contributed by atoms with E-state index in [1.54, 1.807) is 11.9 Å². The quantitative estimate of drug-likeness (QED) is 0.943. The maximum absolute atomic E-state index is 12.6. The number of aryl methyl sites for hydroxylation is 1. The number of carbonyl (C=O) groups is 1. The van der Waals surface area contributed by atoms with Gasteiger partial charge in [0, 0.05) is 26.3 Å². The van der Waals surface area contributed by atoms with Gasteiger partial charge in [-0.2, -0.15) is 0 Å². The van der Waals surface area contributed by atoms with Gasteiger partial charge in [-0.25, -0.2) is 4.98 Å². The molecule has 5 nitrogen and oxygen atoms in total. The molecule has 2 aromatic rings. The first-order valence-corrected chi connectivity index (χ1v) is 7.57. The summed E-state index contributed by atoms with van der Waals surface area (Å²) in [5.41, 5.74) is 7.86. The molecule has 112 valence electrons. The Morgan fingerprint density at radius 2 is 2.10 bits per heavy atom. The monoisotopic (exact) mass is 304 g/mol. The molecule has 0 saturated heterocycles. The smallest absolute Gasteiger partial charge is 0.272 e. The predicted octanol–water partition coefficient (Wildman–Crippen LogP) is 2.77. The van der Waals surface area contributed by atoms with Crippen LogP contribution in [0.25, 0.3) is 0 Å². The van der Waals surface area contributed by atoms with Crippen molar-refractivity contribution in [2.75, 3.05) is 36.2 Å². The Morgan fingerprint density at radius 1 is 1.38 bits per heavy atom. The van der Waals surface area contributed by atoms with Gasteiger partial charge in [0.25, 0.3) is 5.91 Å². The third-order valence-electron chi connectivity index (χ3n) is 3.33. The first-order valence-electron chi connectivity index (χ1n) is 6.76. The van der Waals surface area contributed by atoms with Crippen molar-refractivity contribution in [1.29, 1.82) is 0 Å². The van der Waals surface area contributed by atoms with E-state index in [0.29, 0.717) is 10.7 Å². The van der Waals surface area contributed by atoms with Crippen molar-refractivity contribution in [2.45, 2.75) is 13.8 Å². The minimum atomic E-state index is -0.133. The number of anilines is 3. The molecule has 0 radical (unpaired) electrons. The van der Waals surface area contributed by atoms with Crippen molar-refractivity contribution in [2.24, 2.45) is 0 Å². The van der Waals surface area contributed by atoms with Gasteiger partial charge in [-0.1, -0.05) is 23.5 Å². The Hall–Kier alpha value is -2.08. The fourth-order valence-electron chi connectivity index (χ4n) is 1.88. The second kappa shape index (κ2) is 6.13. The zero-order valence-electron chi connectivity index (χ0n) is 12.8. The van der Waals surface area contributed by atoms with Crippen LogP contribution in [0.5, 0.6) is 0 Å². The van der Waals surface area contributed by atoms with E-state index in [1.165, 1.54) is 11.3 Å². The second-order valence-corrected chi connectivity index (χ2v) is 5.91.